The van der Waals surface area contributed by atoms with Crippen molar-refractivity contribution in [3.63, 3.8) is 0 Å². The Morgan fingerprint density at radius 1 is 1.27 bits per heavy atom. The van der Waals surface area contributed by atoms with E-state index in [4.69, 9.17) is 10.5 Å². The number of nitrogens with zero attached hydrogens (tertiary/aromatic N) is 1. The van der Waals surface area contributed by atoms with Crippen LogP contribution in [0.25, 0.3) is 0 Å². The molecular weight excluding hydrogens is 325 g/mol. The molecule has 22 heavy (non-hydrogen) atoms. The van der Waals surface area contributed by atoms with Crippen molar-refractivity contribution in [1.82, 2.24) is 10.2 Å². The van der Waals surface area contributed by atoms with Crippen LogP contribution in [0.15, 0.2) is 24.3 Å². The van der Waals surface area contributed by atoms with Crippen molar-refractivity contribution < 1.29 is 9.53 Å². The quantitative estimate of drug-likeness (QED) is 0.841. The molecule has 1 fully saturated rings. The molecule has 1 saturated heterocycles. The van der Waals surface area contributed by atoms with Crippen LogP contribution in [0.3, 0.4) is 0 Å². The highest BCUT2D eigenvalue weighted by Gasteiger charge is 2.13. The summed E-state index contributed by atoms with van der Waals surface area (Å²) in [6.07, 6.45) is 0. The van der Waals surface area contributed by atoms with Crippen molar-refractivity contribution in [2.45, 2.75) is 26.1 Å². The van der Waals surface area contributed by atoms with Gasteiger partial charge in [0.15, 0.2) is 0 Å². The minimum absolute atomic E-state index is 0. The maximum atomic E-state index is 11.6. The lowest BCUT2D eigenvalue weighted by Gasteiger charge is -2.27. The standard InChI is InChI=1S/C15H23N3O2.2ClH/c1-12(16)15(19)17-10-13-4-2-3-5-14(13)11-18-6-8-20-9-7-18;;/h2-5,12H,6-11,16H2,1H3,(H,17,19);2*1H/t12-;;/m0../s1. The molecule has 2 rings (SSSR count). The van der Waals surface area contributed by atoms with Crippen molar-refractivity contribution in [2.24, 2.45) is 5.73 Å². The van der Waals surface area contributed by atoms with Gasteiger partial charge in [0.25, 0.3) is 0 Å². The second kappa shape index (κ2) is 10.8. The number of halogens is 2. The zero-order valence-electron chi connectivity index (χ0n) is 12.8. The second-order valence-electron chi connectivity index (χ2n) is 5.16. The van der Waals surface area contributed by atoms with Gasteiger partial charge in [-0.1, -0.05) is 24.3 Å². The third-order valence-corrected chi connectivity index (χ3v) is 3.48. The van der Waals surface area contributed by atoms with Gasteiger partial charge in [-0.3, -0.25) is 9.69 Å². The molecular formula is C15H25Cl2N3O2. The number of ether oxygens (including phenoxy) is 1. The largest absolute Gasteiger partial charge is 0.379 e. The third kappa shape index (κ3) is 6.50. The number of nitrogens with two attached hydrogens (primary N) is 1. The van der Waals surface area contributed by atoms with Gasteiger partial charge in [0.05, 0.1) is 19.3 Å². The molecule has 1 aliphatic rings. The Labute approximate surface area is 144 Å². The van der Waals surface area contributed by atoms with E-state index in [0.717, 1.165) is 38.4 Å². The Hall–Kier alpha value is -0.850. The molecule has 7 heteroatoms. The highest BCUT2D eigenvalue weighted by Crippen LogP contribution is 2.13. The van der Waals surface area contributed by atoms with E-state index in [1.54, 1.807) is 6.92 Å². The normalized spacial score (nSPS) is 16.1. The summed E-state index contributed by atoms with van der Waals surface area (Å²) in [6.45, 7) is 6.62. The number of hydrogen-bond donors (Lipinski definition) is 2. The van der Waals surface area contributed by atoms with Gasteiger partial charge in [0.1, 0.15) is 0 Å². The molecule has 1 atom stereocenters. The zero-order valence-corrected chi connectivity index (χ0v) is 14.4. The Morgan fingerprint density at radius 3 is 2.45 bits per heavy atom. The minimum atomic E-state index is -0.471. The van der Waals surface area contributed by atoms with E-state index in [9.17, 15) is 4.79 Å². The van der Waals surface area contributed by atoms with E-state index in [-0.39, 0.29) is 30.7 Å². The molecule has 0 radical (unpaired) electrons. The first-order chi connectivity index (χ1) is 9.66. The average Bonchev–Trinajstić information content (AvgIpc) is 2.47. The summed E-state index contributed by atoms with van der Waals surface area (Å²) in [5, 5.41) is 2.87. The molecule has 5 nitrogen and oxygen atoms in total. The van der Waals surface area contributed by atoms with E-state index >= 15 is 0 Å². The number of morpholine rings is 1. The average molecular weight is 350 g/mol. The molecule has 0 aliphatic carbocycles. The fraction of sp³-hybridized carbons (Fsp3) is 0.533. The third-order valence-electron chi connectivity index (χ3n) is 3.48. The first-order valence-corrected chi connectivity index (χ1v) is 7.07. The Morgan fingerprint density at radius 2 is 1.86 bits per heavy atom. The topological polar surface area (TPSA) is 67.6 Å². The summed E-state index contributed by atoms with van der Waals surface area (Å²) in [5.74, 6) is -0.119. The lowest BCUT2D eigenvalue weighted by molar-refractivity contribution is -0.122. The predicted octanol–water partition coefficient (Wildman–Crippen LogP) is 1.33. The monoisotopic (exact) mass is 349 g/mol. The molecule has 0 spiro atoms. The van der Waals surface area contributed by atoms with Crippen LogP contribution in [-0.2, 0) is 22.6 Å². The van der Waals surface area contributed by atoms with Gasteiger partial charge >= 0.3 is 0 Å². The maximum absolute atomic E-state index is 11.6. The number of carbonyl (C=O) groups is 1. The molecule has 126 valence electrons. The summed E-state index contributed by atoms with van der Waals surface area (Å²) >= 11 is 0. The zero-order chi connectivity index (χ0) is 14.4. The number of carbonyl (C=O) groups excluding carboxylic acids is 1. The minimum Gasteiger partial charge on any atom is -0.379 e. The van der Waals surface area contributed by atoms with E-state index < -0.39 is 6.04 Å². The van der Waals surface area contributed by atoms with Gasteiger partial charge in [-0.05, 0) is 18.1 Å². The van der Waals surface area contributed by atoms with Crippen LogP contribution in [0.1, 0.15) is 18.1 Å². The molecule has 0 aromatic heterocycles. The van der Waals surface area contributed by atoms with E-state index in [2.05, 4.69) is 22.3 Å². The number of benzene rings is 1. The Kier molecular flexibility index (Phi) is 10.4. The number of amides is 1. The fourth-order valence-corrected chi connectivity index (χ4v) is 2.23. The second-order valence-corrected chi connectivity index (χ2v) is 5.16. The van der Waals surface area contributed by atoms with Crippen LogP contribution >= 0.6 is 24.8 Å². The summed E-state index contributed by atoms with van der Waals surface area (Å²) in [4.78, 5) is 13.9. The molecule has 1 aromatic rings. The van der Waals surface area contributed by atoms with E-state index in [1.165, 1.54) is 5.56 Å². The first kappa shape index (κ1) is 21.1. The lowest BCUT2D eigenvalue weighted by Crippen LogP contribution is -2.38. The van der Waals surface area contributed by atoms with Crippen LogP contribution in [-0.4, -0.2) is 43.2 Å². The van der Waals surface area contributed by atoms with E-state index in [1.807, 2.05) is 12.1 Å². The summed E-state index contributed by atoms with van der Waals surface area (Å²) in [7, 11) is 0. The van der Waals surface area contributed by atoms with Gasteiger partial charge in [-0.15, -0.1) is 24.8 Å². The van der Waals surface area contributed by atoms with Crippen LogP contribution in [0, 0.1) is 0 Å². The van der Waals surface area contributed by atoms with Crippen LogP contribution < -0.4 is 11.1 Å². The summed E-state index contributed by atoms with van der Waals surface area (Å²) in [5.41, 5.74) is 7.95. The Balaban J connectivity index is 0.00000220. The molecule has 0 unspecified atom stereocenters. The molecule has 3 N–H and O–H groups in total. The van der Waals surface area contributed by atoms with Gasteiger partial charge in [-0.25, -0.2) is 0 Å². The highest BCUT2D eigenvalue weighted by atomic mass is 35.5. The number of hydrogen-bond acceptors (Lipinski definition) is 4. The van der Waals surface area contributed by atoms with Crippen LogP contribution in [0.5, 0.6) is 0 Å². The first-order valence-electron chi connectivity index (χ1n) is 7.07. The van der Waals surface area contributed by atoms with Crippen molar-refractivity contribution in [1.29, 1.82) is 0 Å². The molecule has 0 saturated carbocycles. The van der Waals surface area contributed by atoms with Crippen LogP contribution in [0.2, 0.25) is 0 Å². The Bertz CT molecular complexity index is 452. The number of nitrogens with one attached hydrogen (secondary N) is 1. The smallest absolute Gasteiger partial charge is 0.236 e. The molecule has 0 bridgehead atoms. The van der Waals surface area contributed by atoms with Gasteiger partial charge < -0.3 is 15.8 Å². The predicted molar refractivity (Wildman–Crippen MR) is 92.5 cm³/mol. The lowest BCUT2D eigenvalue weighted by atomic mass is 10.1. The van der Waals surface area contributed by atoms with Crippen molar-refractivity contribution in [3.8, 4) is 0 Å². The van der Waals surface area contributed by atoms with E-state index in [0.29, 0.717) is 6.54 Å². The van der Waals surface area contributed by atoms with Crippen LogP contribution in [0.4, 0.5) is 0 Å². The van der Waals surface area contributed by atoms with Crippen molar-refractivity contribution in [3.05, 3.63) is 35.4 Å². The molecule has 1 aliphatic heterocycles. The summed E-state index contributed by atoms with van der Waals surface area (Å²) in [6, 6.07) is 7.73. The number of rotatable bonds is 5. The SMILES string of the molecule is C[C@H](N)C(=O)NCc1ccccc1CN1CCOCC1.Cl.Cl. The maximum Gasteiger partial charge on any atom is 0.236 e. The van der Waals surface area contributed by atoms with Gasteiger partial charge in [-0.2, -0.15) is 0 Å². The molecule has 1 amide bonds. The van der Waals surface area contributed by atoms with Gasteiger partial charge in [0, 0.05) is 26.2 Å². The highest BCUT2D eigenvalue weighted by molar-refractivity contribution is 5.85. The van der Waals surface area contributed by atoms with Gasteiger partial charge in [0.2, 0.25) is 5.91 Å². The fourth-order valence-electron chi connectivity index (χ4n) is 2.23. The molecule has 1 heterocycles. The van der Waals surface area contributed by atoms with Crippen molar-refractivity contribution >= 4 is 30.7 Å². The molecule has 1 aromatic carbocycles. The van der Waals surface area contributed by atoms with Crippen molar-refractivity contribution in [2.75, 3.05) is 26.3 Å². The summed E-state index contributed by atoms with van der Waals surface area (Å²) < 4.78 is 5.36.